The summed E-state index contributed by atoms with van der Waals surface area (Å²) in [7, 11) is 0. The van der Waals surface area contributed by atoms with Gasteiger partial charge in [0, 0.05) is 5.56 Å². The van der Waals surface area contributed by atoms with Crippen LogP contribution in [0.1, 0.15) is 15.9 Å². The number of hydrogen-bond acceptors (Lipinski definition) is 3. The molecule has 0 heterocycles. The van der Waals surface area contributed by atoms with Gasteiger partial charge in [0.1, 0.15) is 19.0 Å². The van der Waals surface area contributed by atoms with Crippen molar-refractivity contribution in [2.24, 2.45) is 0 Å². The van der Waals surface area contributed by atoms with E-state index in [2.05, 4.69) is 22.5 Å². The lowest BCUT2D eigenvalue weighted by Crippen LogP contribution is -2.06. The molecule has 24 heavy (non-hydrogen) atoms. The average Bonchev–Trinajstić information content (AvgIpc) is 2.53. The van der Waals surface area contributed by atoms with Crippen LogP contribution in [0.4, 0.5) is 4.39 Å². The number of carbonyl (C=O) groups is 1. The normalized spacial score (nSPS) is 10.3. The smallest absolute Gasteiger partial charge is 0.338 e. The quantitative estimate of drug-likeness (QED) is 0.425. The lowest BCUT2D eigenvalue weighted by Gasteiger charge is -2.12. The van der Waals surface area contributed by atoms with Gasteiger partial charge in [0.15, 0.2) is 5.75 Å². The highest BCUT2D eigenvalue weighted by atomic mass is 79.9. The van der Waals surface area contributed by atoms with Crippen molar-refractivity contribution >= 4 is 45.1 Å². The van der Waals surface area contributed by atoms with Gasteiger partial charge in [-0.3, -0.25) is 0 Å². The Morgan fingerprint density at radius 2 is 2.00 bits per heavy atom. The highest BCUT2D eigenvalue weighted by Crippen LogP contribution is 2.35. The summed E-state index contributed by atoms with van der Waals surface area (Å²) in [5.41, 5.74) is 0.886. The van der Waals surface area contributed by atoms with E-state index in [-0.39, 0.29) is 28.8 Å². The first-order valence-electron chi connectivity index (χ1n) is 6.76. The minimum Gasteiger partial charge on any atom is -0.486 e. The van der Waals surface area contributed by atoms with Crippen LogP contribution in [0.2, 0.25) is 10.0 Å². The summed E-state index contributed by atoms with van der Waals surface area (Å²) < 4.78 is 24.1. The van der Waals surface area contributed by atoms with Crippen molar-refractivity contribution in [1.29, 1.82) is 0 Å². The molecule has 0 saturated carbocycles. The van der Waals surface area contributed by atoms with Crippen LogP contribution in [-0.4, -0.2) is 12.6 Å². The van der Waals surface area contributed by atoms with Crippen molar-refractivity contribution in [1.82, 2.24) is 0 Å². The molecule has 126 valence electrons. The second kappa shape index (κ2) is 8.51. The average molecular weight is 434 g/mol. The molecule has 3 nitrogen and oxygen atoms in total. The van der Waals surface area contributed by atoms with E-state index in [1.807, 2.05) is 0 Å². The van der Waals surface area contributed by atoms with Crippen LogP contribution in [-0.2, 0) is 11.3 Å². The number of benzene rings is 2. The first-order chi connectivity index (χ1) is 11.4. The topological polar surface area (TPSA) is 35.5 Å². The van der Waals surface area contributed by atoms with E-state index in [9.17, 15) is 9.18 Å². The molecule has 0 atom stereocenters. The fraction of sp³-hybridized carbons (Fsp3) is 0.118. The molecule has 0 aliphatic carbocycles. The summed E-state index contributed by atoms with van der Waals surface area (Å²) in [6.07, 6.45) is 1.47. The molecule has 0 aliphatic heterocycles. The Morgan fingerprint density at radius 3 is 2.62 bits per heavy atom. The zero-order valence-corrected chi connectivity index (χ0v) is 15.4. The maximum Gasteiger partial charge on any atom is 0.338 e. The highest BCUT2D eigenvalue weighted by Gasteiger charge is 2.15. The summed E-state index contributed by atoms with van der Waals surface area (Å²) >= 11 is 15.4. The number of esters is 1. The van der Waals surface area contributed by atoms with Gasteiger partial charge in [0.2, 0.25) is 0 Å². The Bertz CT molecular complexity index is 757. The van der Waals surface area contributed by atoms with Gasteiger partial charge in [-0.15, -0.1) is 0 Å². The van der Waals surface area contributed by atoms with E-state index >= 15 is 0 Å². The molecule has 2 rings (SSSR count). The number of ether oxygens (including phenoxy) is 2. The monoisotopic (exact) mass is 432 g/mol. The number of hydrogen-bond donors (Lipinski definition) is 0. The van der Waals surface area contributed by atoms with Crippen LogP contribution in [0.15, 0.2) is 47.5 Å². The SMILES string of the molecule is C=CCOC(=O)c1cc(Cl)c(OCc2ccc(F)cc2Cl)c(Br)c1. The molecule has 0 amide bonds. The van der Waals surface area contributed by atoms with Gasteiger partial charge in [-0.05, 0) is 40.2 Å². The lowest BCUT2D eigenvalue weighted by molar-refractivity contribution is 0.0549. The van der Waals surface area contributed by atoms with Gasteiger partial charge in [-0.1, -0.05) is 41.9 Å². The van der Waals surface area contributed by atoms with E-state index in [0.29, 0.717) is 15.8 Å². The van der Waals surface area contributed by atoms with Crippen LogP contribution in [0.25, 0.3) is 0 Å². The molecule has 0 aromatic heterocycles. The van der Waals surface area contributed by atoms with Crippen molar-refractivity contribution in [3.63, 3.8) is 0 Å². The zero-order valence-electron chi connectivity index (χ0n) is 12.3. The van der Waals surface area contributed by atoms with Crippen LogP contribution < -0.4 is 4.74 Å². The molecule has 0 radical (unpaired) electrons. The molecule has 0 fully saturated rings. The molecular formula is C17H12BrCl2FO3. The molecule has 0 bridgehead atoms. The molecular weight excluding hydrogens is 422 g/mol. The molecule has 2 aromatic carbocycles. The van der Waals surface area contributed by atoms with E-state index in [4.69, 9.17) is 32.7 Å². The number of rotatable bonds is 6. The molecule has 0 aliphatic rings. The van der Waals surface area contributed by atoms with E-state index in [0.717, 1.165) is 0 Å². The van der Waals surface area contributed by atoms with Gasteiger partial charge in [0.25, 0.3) is 0 Å². The summed E-state index contributed by atoms with van der Waals surface area (Å²) in [4.78, 5) is 11.8. The molecule has 0 saturated heterocycles. The highest BCUT2D eigenvalue weighted by molar-refractivity contribution is 9.10. The van der Waals surface area contributed by atoms with E-state index in [1.54, 1.807) is 6.07 Å². The van der Waals surface area contributed by atoms with Gasteiger partial charge in [-0.25, -0.2) is 9.18 Å². The van der Waals surface area contributed by atoms with Crippen LogP contribution >= 0.6 is 39.1 Å². The Balaban J connectivity index is 2.16. The largest absolute Gasteiger partial charge is 0.486 e. The summed E-state index contributed by atoms with van der Waals surface area (Å²) in [6.45, 7) is 3.68. The fourth-order valence-electron chi connectivity index (χ4n) is 1.82. The van der Waals surface area contributed by atoms with Crippen molar-refractivity contribution in [3.8, 4) is 5.75 Å². The van der Waals surface area contributed by atoms with Gasteiger partial charge >= 0.3 is 5.97 Å². The van der Waals surface area contributed by atoms with Crippen molar-refractivity contribution < 1.29 is 18.7 Å². The fourth-order valence-corrected chi connectivity index (χ4v) is 3.01. The molecule has 0 N–H and O–H groups in total. The Labute approximate surface area is 157 Å². The number of halogens is 4. The molecule has 0 unspecified atom stereocenters. The van der Waals surface area contributed by atoms with Crippen molar-refractivity contribution in [3.05, 3.63) is 74.4 Å². The molecule has 0 spiro atoms. The first kappa shape index (κ1) is 18.8. The third kappa shape index (κ3) is 4.72. The minimum atomic E-state index is -0.523. The predicted molar refractivity (Wildman–Crippen MR) is 95.4 cm³/mol. The van der Waals surface area contributed by atoms with Crippen molar-refractivity contribution in [2.75, 3.05) is 6.61 Å². The van der Waals surface area contributed by atoms with Crippen LogP contribution in [0.5, 0.6) is 5.75 Å². The third-order valence-corrected chi connectivity index (χ3v) is 4.18. The summed E-state index contributed by atoms with van der Waals surface area (Å²) in [5, 5.41) is 0.486. The Morgan fingerprint density at radius 1 is 1.25 bits per heavy atom. The van der Waals surface area contributed by atoms with Crippen molar-refractivity contribution in [2.45, 2.75) is 6.61 Å². The Kier molecular flexibility index (Phi) is 6.66. The molecule has 7 heteroatoms. The summed E-state index contributed by atoms with van der Waals surface area (Å²) in [5.74, 6) is -0.603. The first-order valence-corrected chi connectivity index (χ1v) is 8.31. The van der Waals surface area contributed by atoms with Crippen LogP contribution in [0, 0.1) is 5.82 Å². The third-order valence-electron chi connectivity index (χ3n) is 2.95. The second-order valence-corrected chi connectivity index (χ2v) is 6.35. The maximum atomic E-state index is 13.0. The van der Waals surface area contributed by atoms with Gasteiger partial charge in [-0.2, -0.15) is 0 Å². The van der Waals surface area contributed by atoms with E-state index < -0.39 is 11.8 Å². The predicted octanol–water partition coefficient (Wildman–Crippen LogP) is 5.82. The summed E-state index contributed by atoms with van der Waals surface area (Å²) in [6, 6.07) is 7.01. The van der Waals surface area contributed by atoms with Gasteiger partial charge < -0.3 is 9.47 Å². The Hall–Kier alpha value is -1.56. The standard InChI is InChI=1S/C17H12BrCl2FO3/c1-2-5-23-17(22)11-6-13(18)16(15(20)7-11)24-9-10-3-4-12(21)8-14(10)19/h2-4,6-8H,1,5,9H2. The zero-order chi connectivity index (χ0) is 17.7. The maximum absolute atomic E-state index is 13.0. The van der Waals surface area contributed by atoms with E-state index in [1.165, 1.54) is 30.3 Å². The second-order valence-electron chi connectivity index (χ2n) is 4.68. The van der Waals surface area contributed by atoms with Crippen LogP contribution in [0.3, 0.4) is 0 Å². The molecule has 2 aromatic rings. The minimum absolute atomic E-state index is 0.0949. The lowest BCUT2D eigenvalue weighted by atomic mass is 10.2. The van der Waals surface area contributed by atoms with Gasteiger partial charge in [0.05, 0.1) is 20.1 Å². The number of carbonyl (C=O) groups excluding carboxylic acids is 1.